The molecule has 0 amide bonds. The summed E-state index contributed by atoms with van der Waals surface area (Å²) < 4.78 is 34.9. The molecule has 104 valence electrons. The zero-order chi connectivity index (χ0) is 13.8. The average molecular weight is 264 g/mol. The molecule has 0 radical (unpaired) electrons. The van der Waals surface area contributed by atoms with Gasteiger partial charge in [-0.05, 0) is 26.2 Å². The highest BCUT2D eigenvalue weighted by atomic mass is 19.3. The molecule has 0 unspecified atom stereocenters. The molecule has 0 N–H and O–H groups in total. The molecule has 1 aliphatic rings. The number of ether oxygens (including phenoxy) is 2. The first-order chi connectivity index (χ1) is 8.39. The largest absolute Gasteiger partial charge is 0.465 e. The molecule has 6 heteroatoms. The van der Waals surface area contributed by atoms with Crippen LogP contribution >= 0.6 is 0 Å². The van der Waals surface area contributed by atoms with Crippen molar-refractivity contribution >= 4 is 11.9 Å². The molecule has 1 aliphatic carbocycles. The summed E-state index contributed by atoms with van der Waals surface area (Å²) in [5.74, 6) is -5.43. The minimum Gasteiger partial charge on any atom is -0.465 e. The topological polar surface area (TPSA) is 52.6 Å². The fourth-order valence-electron chi connectivity index (χ4n) is 2.06. The SMILES string of the molecule is CCOC(=O)C(CC1CC(F)(F)C1)C(=O)OCC. The number of carbonyl (C=O) groups excluding carboxylic acids is 2. The summed E-state index contributed by atoms with van der Waals surface area (Å²) in [6, 6.07) is 0. The third-order valence-corrected chi connectivity index (χ3v) is 2.89. The lowest BCUT2D eigenvalue weighted by atomic mass is 9.76. The van der Waals surface area contributed by atoms with Gasteiger partial charge in [0, 0.05) is 12.8 Å². The lowest BCUT2D eigenvalue weighted by Crippen LogP contribution is -2.39. The highest BCUT2D eigenvalue weighted by molar-refractivity contribution is 5.94. The Morgan fingerprint density at radius 2 is 1.61 bits per heavy atom. The summed E-state index contributed by atoms with van der Waals surface area (Å²) >= 11 is 0. The maximum atomic E-state index is 12.7. The zero-order valence-corrected chi connectivity index (χ0v) is 10.6. The summed E-state index contributed by atoms with van der Waals surface area (Å²) in [6.07, 6.45) is -0.474. The van der Waals surface area contributed by atoms with Crippen LogP contribution in [0.3, 0.4) is 0 Å². The Kier molecular flexibility index (Phi) is 5.04. The highest BCUT2D eigenvalue weighted by Crippen LogP contribution is 2.45. The Labute approximate surface area is 105 Å². The molecule has 0 saturated heterocycles. The Morgan fingerprint density at radius 1 is 1.17 bits per heavy atom. The lowest BCUT2D eigenvalue weighted by molar-refractivity contribution is -0.166. The van der Waals surface area contributed by atoms with Crippen molar-refractivity contribution in [1.29, 1.82) is 0 Å². The van der Waals surface area contributed by atoms with Crippen LogP contribution in [0.15, 0.2) is 0 Å². The number of carbonyl (C=O) groups is 2. The Bertz CT molecular complexity index is 291. The Morgan fingerprint density at radius 3 is 1.94 bits per heavy atom. The summed E-state index contributed by atoms with van der Waals surface area (Å²) in [7, 11) is 0. The zero-order valence-electron chi connectivity index (χ0n) is 10.6. The van der Waals surface area contributed by atoms with Crippen molar-refractivity contribution in [2.75, 3.05) is 13.2 Å². The van der Waals surface area contributed by atoms with E-state index in [-0.39, 0.29) is 38.4 Å². The fourth-order valence-corrected chi connectivity index (χ4v) is 2.06. The number of hydrogen-bond acceptors (Lipinski definition) is 4. The first kappa shape index (κ1) is 14.9. The molecule has 0 aliphatic heterocycles. The number of rotatable bonds is 6. The van der Waals surface area contributed by atoms with Crippen LogP contribution in [0.1, 0.15) is 33.1 Å². The molecule has 0 aromatic heterocycles. The van der Waals surface area contributed by atoms with Crippen molar-refractivity contribution in [3.8, 4) is 0 Å². The van der Waals surface area contributed by atoms with Crippen molar-refractivity contribution in [2.24, 2.45) is 11.8 Å². The van der Waals surface area contributed by atoms with Crippen LogP contribution < -0.4 is 0 Å². The monoisotopic (exact) mass is 264 g/mol. The van der Waals surface area contributed by atoms with Crippen LogP contribution in [0.5, 0.6) is 0 Å². The number of esters is 2. The van der Waals surface area contributed by atoms with Crippen molar-refractivity contribution in [3.63, 3.8) is 0 Å². The average Bonchev–Trinajstić information content (AvgIpc) is 2.23. The molecule has 0 heterocycles. The second kappa shape index (κ2) is 6.11. The van der Waals surface area contributed by atoms with Gasteiger partial charge >= 0.3 is 11.9 Å². The van der Waals surface area contributed by atoms with Crippen molar-refractivity contribution in [3.05, 3.63) is 0 Å². The molecule has 4 nitrogen and oxygen atoms in total. The Balaban J connectivity index is 2.55. The molecular weight excluding hydrogens is 246 g/mol. The normalized spacial score (nSPS) is 18.3. The van der Waals surface area contributed by atoms with Gasteiger partial charge in [-0.15, -0.1) is 0 Å². The van der Waals surface area contributed by atoms with Gasteiger partial charge in [-0.2, -0.15) is 0 Å². The van der Waals surface area contributed by atoms with Gasteiger partial charge in [0.15, 0.2) is 5.92 Å². The highest BCUT2D eigenvalue weighted by Gasteiger charge is 2.47. The predicted octanol–water partition coefficient (Wildman–Crippen LogP) is 2.16. The minimum atomic E-state index is -2.65. The van der Waals surface area contributed by atoms with Gasteiger partial charge < -0.3 is 9.47 Å². The maximum Gasteiger partial charge on any atom is 0.320 e. The van der Waals surface area contributed by atoms with Gasteiger partial charge in [-0.1, -0.05) is 0 Å². The molecule has 0 spiro atoms. The van der Waals surface area contributed by atoms with Crippen LogP contribution in [-0.4, -0.2) is 31.1 Å². The molecule has 1 saturated carbocycles. The van der Waals surface area contributed by atoms with Crippen LogP contribution in [0.4, 0.5) is 8.78 Å². The van der Waals surface area contributed by atoms with Gasteiger partial charge in [-0.25, -0.2) is 8.78 Å². The van der Waals surface area contributed by atoms with Crippen LogP contribution in [0, 0.1) is 11.8 Å². The van der Waals surface area contributed by atoms with Gasteiger partial charge in [-0.3, -0.25) is 9.59 Å². The molecule has 1 fully saturated rings. The van der Waals surface area contributed by atoms with Gasteiger partial charge in [0.05, 0.1) is 13.2 Å². The van der Waals surface area contributed by atoms with E-state index in [1.165, 1.54) is 0 Å². The number of alkyl halides is 2. The molecule has 1 rings (SSSR count). The van der Waals surface area contributed by atoms with Gasteiger partial charge in [0.1, 0.15) is 0 Å². The van der Waals surface area contributed by atoms with Gasteiger partial charge in [0.25, 0.3) is 0 Å². The van der Waals surface area contributed by atoms with E-state index in [9.17, 15) is 18.4 Å². The van der Waals surface area contributed by atoms with Crippen molar-refractivity contribution < 1.29 is 27.8 Å². The fraction of sp³-hybridized carbons (Fsp3) is 0.833. The van der Waals surface area contributed by atoms with Crippen molar-refractivity contribution in [1.82, 2.24) is 0 Å². The summed E-state index contributed by atoms with van der Waals surface area (Å²) in [4.78, 5) is 23.2. The van der Waals surface area contributed by atoms with Gasteiger partial charge in [0.2, 0.25) is 5.92 Å². The lowest BCUT2D eigenvalue weighted by Gasteiger charge is -2.36. The van der Waals surface area contributed by atoms with E-state index < -0.39 is 23.8 Å². The molecule has 0 aromatic rings. The second-order valence-electron chi connectivity index (χ2n) is 4.42. The first-order valence-corrected chi connectivity index (χ1v) is 6.10. The number of hydrogen-bond donors (Lipinski definition) is 0. The first-order valence-electron chi connectivity index (χ1n) is 6.10. The maximum absolute atomic E-state index is 12.7. The molecule has 0 aromatic carbocycles. The van der Waals surface area contributed by atoms with Crippen LogP contribution in [-0.2, 0) is 19.1 Å². The summed E-state index contributed by atoms with van der Waals surface area (Å²) in [5.41, 5.74) is 0. The third kappa shape index (κ3) is 3.92. The molecule has 0 bridgehead atoms. The van der Waals surface area contributed by atoms with E-state index in [1.807, 2.05) is 0 Å². The smallest absolute Gasteiger partial charge is 0.320 e. The molecule has 0 atom stereocenters. The quantitative estimate of drug-likeness (QED) is 0.545. The van der Waals surface area contributed by atoms with Crippen molar-refractivity contribution in [2.45, 2.75) is 39.0 Å². The van der Waals surface area contributed by atoms with E-state index in [2.05, 4.69) is 0 Å². The molecule has 18 heavy (non-hydrogen) atoms. The summed E-state index contributed by atoms with van der Waals surface area (Å²) in [5, 5.41) is 0. The standard InChI is InChI=1S/C12H18F2O4/c1-3-17-10(15)9(11(16)18-4-2)5-8-6-12(13,14)7-8/h8-9H,3-7H2,1-2H3. The van der Waals surface area contributed by atoms with E-state index in [4.69, 9.17) is 9.47 Å². The summed E-state index contributed by atoms with van der Waals surface area (Å²) in [6.45, 7) is 3.54. The predicted molar refractivity (Wildman–Crippen MR) is 59.0 cm³/mol. The van der Waals surface area contributed by atoms with Crippen LogP contribution in [0.25, 0.3) is 0 Å². The Hall–Kier alpha value is -1.20. The van der Waals surface area contributed by atoms with E-state index in [0.29, 0.717) is 0 Å². The third-order valence-electron chi connectivity index (χ3n) is 2.89. The van der Waals surface area contributed by atoms with E-state index >= 15 is 0 Å². The van der Waals surface area contributed by atoms with Crippen LogP contribution in [0.2, 0.25) is 0 Å². The molecular formula is C12H18F2O4. The van der Waals surface area contributed by atoms with E-state index in [1.54, 1.807) is 13.8 Å². The number of halogens is 2. The van der Waals surface area contributed by atoms with E-state index in [0.717, 1.165) is 0 Å². The second-order valence-corrected chi connectivity index (χ2v) is 4.42. The minimum absolute atomic E-state index is 0.0766.